The van der Waals surface area contributed by atoms with E-state index in [4.69, 9.17) is 4.74 Å². The molecule has 0 spiro atoms. The third kappa shape index (κ3) is 3.92. The highest BCUT2D eigenvalue weighted by Crippen LogP contribution is 2.23. The van der Waals surface area contributed by atoms with Gasteiger partial charge < -0.3 is 14.6 Å². The van der Waals surface area contributed by atoms with E-state index < -0.39 is 11.9 Å². The van der Waals surface area contributed by atoms with Crippen molar-refractivity contribution in [2.45, 2.75) is 20.8 Å². The zero-order chi connectivity index (χ0) is 19.6. The van der Waals surface area contributed by atoms with Gasteiger partial charge in [0, 0.05) is 13.2 Å². The second kappa shape index (κ2) is 7.49. The van der Waals surface area contributed by atoms with Crippen LogP contribution in [0.4, 0.5) is 5.69 Å². The minimum Gasteiger partial charge on any atom is -0.451 e. The first kappa shape index (κ1) is 18.4. The van der Waals surface area contributed by atoms with Crippen LogP contribution in [0.1, 0.15) is 27.4 Å². The van der Waals surface area contributed by atoms with Crippen molar-refractivity contribution in [2.24, 2.45) is 7.05 Å². The number of carbonyl (C=O) groups excluding carboxylic acids is 2. The summed E-state index contributed by atoms with van der Waals surface area (Å²) in [6, 6.07) is 11.3. The van der Waals surface area contributed by atoms with E-state index in [9.17, 15) is 9.59 Å². The summed E-state index contributed by atoms with van der Waals surface area (Å²) in [6.07, 6.45) is 1.74. The summed E-state index contributed by atoms with van der Waals surface area (Å²) in [5, 5.41) is 7.29. The Balaban J connectivity index is 1.68. The average Bonchev–Trinajstić information content (AvgIpc) is 3.19. The summed E-state index contributed by atoms with van der Waals surface area (Å²) in [5.41, 5.74) is 4.58. The minimum atomic E-state index is -0.540. The van der Waals surface area contributed by atoms with Crippen LogP contribution in [-0.2, 0) is 16.6 Å². The number of benzene rings is 1. The van der Waals surface area contributed by atoms with Gasteiger partial charge in [-0.2, -0.15) is 5.10 Å². The number of anilines is 1. The molecule has 3 rings (SSSR count). The molecule has 0 saturated carbocycles. The molecule has 0 aliphatic heterocycles. The van der Waals surface area contributed by atoms with Gasteiger partial charge in [-0.3, -0.25) is 4.79 Å². The molecule has 7 nitrogen and oxygen atoms in total. The molecule has 1 amide bonds. The summed E-state index contributed by atoms with van der Waals surface area (Å²) >= 11 is 0. The van der Waals surface area contributed by atoms with Crippen molar-refractivity contribution >= 4 is 17.6 Å². The lowest BCUT2D eigenvalue weighted by molar-refractivity contribution is -0.119. The van der Waals surface area contributed by atoms with Gasteiger partial charge in [0.05, 0.1) is 22.8 Å². The molecule has 0 aliphatic carbocycles. The maximum Gasteiger partial charge on any atom is 0.355 e. The largest absolute Gasteiger partial charge is 0.451 e. The Kier molecular flexibility index (Phi) is 5.12. The number of hydrogen-bond acceptors (Lipinski definition) is 4. The number of aryl methyl sites for hydroxylation is 3. The standard InChI is InChI=1S/C20H22N4O3/c1-13-7-9-16(10-8-13)24-15(3)19(14(2)22-24)21-18(25)12-27-20(26)17-6-5-11-23(17)4/h5-11H,12H2,1-4H3,(H,21,25). The van der Waals surface area contributed by atoms with Gasteiger partial charge in [0.1, 0.15) is 5.69 Å². The molecule has 0 unspecified atom stereocenters. The third-order valence-corrected chi connectivity index (χ3v) is 4.32. The molecular formula is C20H22N4O3. The number of esters is 1. The molecule has 0 radical (unpaired) electrons. The summed E-state index contributed by atoms with van der Waals surface area (Å²) in [4.78, 5) is 24.2. The van der Waals surface area contributed by atoms with Crippen molar-refractivity contribution in [3.8, 4) is 5.69 Å². The molecule has 3 aromatic rings. The maximum absolute atomic E-state index is 12.2. The van der Waals surface area contributed by atoms with Gasteiger partial charge in [0.25, 0.3) is 5.91 Å². The molecule has 7 heteroatoms. The number of amides is 1. The highest BCUT2D eigenvalue weighted by Gasteiger charge is 2.17. The van der Waals surface area contributed by atoms with Crippen LogP contribution in [0.15, 0.2) is 42.6 Å². The fourth-order valence-corrected chi connectivity index (χ4v) is 2.81. The zero-order valence-electron chi connectivity index (χ0n) is 15.8. The van der Waals surface area contributed by atoms with Crippen molar-refractivity contribution in [2.75, 3.05) is 11.9 Å². The highest BCUT2D eigenvalue weighted by atomic mass is 16.5. The smallest absolute Gasteiger partial charge is 0.355 e. The summed E-state index contributed by atoms with van der Waals surface area (Å²) < 4.78 is 8.50. The van der Waals surface area contributed by atoms with Crippen LogP contribution >= 0.6 is 0 Å². The molecule has 0 fully saturated rings. The number of rotatable bonds is 5. The van der Waals surface area contributed by atoms with Crippen LogP contribution in [0.3, 0.4) is 0 Å². The first-order valence-electron chi connectivity index (χ1n) is 8.58. The Morgan fingerprint density at radius 3 is 2.44 bits per heavy atom. The van der Waals surface area contributed by atoms with Gasteiger partial charge in [-0.05, 0) is 45.0 Å². The van der Waals surface area contributed by atoms with Crippen molar-refractivity contribution in [3.05, 3.63) is 65.2 Å². The molecular weight excluding hydrogens is 344 g/mol. The van der Waals surface area contributed by atoms with Gasteiger partial charge in [-0.25, -0.2) is 9.48 Å². The Morgan fingerprint density at radius 2 is 1.81 bits per heavy atom. The Hall–Kier alpha value is -3.35. The second-order valence-corrected chi connectivity index (χ2v) is 6.42. The molecule has 2 aromatic heterocycles. The topological polar surface area (TPSA) is 78.2 Å². The first-order chi connectivity index (χ1) is 12.9. The summed E-state index contributed by atoms with van der Waals surface area (Å²) in [5.74, 6) is -0.950. The number of ether oxygens (including phenoxy) is 1. The maximum atomic E-state index is 12.2. The predicted molar refractivity (Wildman–Crippen MR) is 102 cm³/mol. The van der Waals surface area contributed by atoms with Crippen LogP contribution in [0.25, 0.3) is 5.69 Å². The average molecular weight is 366 g/mol. The lowest BCUT2D eigenvalue weighted by atomic mass is 10.2. The lowest BCUT2D eigenvalue weighted by Crippen LogP contribution is -2.22. The molecule has 140 valence electrons. The van der Waals surface area contributed by atoms with E-state index in [2.05, 4.69) is 10.4 Å². The number of hydrogen-bond donors (Lipinski definition) is 1. The normalized spacial score (nSPS) is 10.7. The Morgan fingerprint density at radius 1 is 1.11 bits per heavy atom. The van der Waals surface area contributed by atoms with E-state index in [1.54, 1.807) is 34.6 Å². The lowest BCUT2D eigenvalue weighted by Gasteiger charge is -2.08. The zero-order valence-corrected chi connectivity index (χ0v) is 15.8. The number of carbonyl (C=O) groups is 2. The van der Waals surface area contributed by atoms with Crippen molar-refractivity contribution in [1.29, 1.82) is 0 Å². The van der Waals surface area contributed by atoms with E-state index in [-0.39, 0.29) is 6.61 Å². The molecule has 0 aliphatic rings. The van der Waals surface area contributed by atoms with E-state index in [1.165, 1.54) is 0 Å². The quantitative estimate of drug-likeness (QED) is 0.704. The molecule has 0 bridgehead atoms. The van der Waals surface area contributed by atoms with E-state index in [1.807, 2.05) is 45.0 Å². The molecule has 2 heterocycles. The minimum absolute atomic E-state index is 0.362. The van der Waals surface area contributed by atoms with E-state index >= 15 is 0 Å². The molecule has 0 saturated heterocycles. The highest BCUT2D eigenvalue weighted by molar-refractivity contribution is 5.95. The monoisotopic (exact) mass is 366 g/mol. The molecule has 0 atom stereocenters. The Labute approximate surface area is 157 Å². The Bertz CT molecular complexity index is 983. The van der Waals surface area contributed by atoms with Crippen LogP contribution in [0, 0.1) is 20.8 Å². The van der Waals surface area contributed by atoms with E-state index in [0.717, 1.165) is 16.9 Å². The SMILES string of the molecule is Cc1ccc(-n2nc(C)c(NC(=O)COC(=O)c3cccn3C)c2C)cc1. The van der Waals surface area contributed by atoms with Crippen molar-refractivity contribution in [3.63, 3.8) is 0 Å². The predicted octanol–water partition coefficient (Wildman–Crippen LogP) is 2.93. The second-order valence-electron chi connectivity index (χ2n) is 6.42. The van der Waals surface area contributed by atoms with E-state index in [0.29, 0.717) is 17.1 Å². The van der Waals surface area contributed by atoms with Gasteiger partial charge in [0.15, 0.2) is 6.61 Å². The molecule has 1 aromatic carbocycles. The van der Waals surface area contributed by atoms with Crippen LogP contribution in [0.2, 0.25) is 0 Å². The van der Waals surface area contributed by atoms with Crippen LogP contribution in [-0.4, -0.2) is 32.8 Å². The number of aromatic nitrogens is 3. The fourth-order valence-electron chi connectivity index (χ4n) is 2.81. The third-order valence-electron chi connectivity index (χ3n) is 4.32. The van der Waals surface area contributed by atoms with Crippen molar-refractivity contribution in [1.82, 2.24) is 14.3 Å². The van der Waals surface area contributed by atoms with Gasteiger partial charge >= 0.3 is 5.97 Å². The molecule has 27 heavy (non-hydrogen) atoms. The van der Waals surface area contributed by atoms with Gasteiger partial charge in [-0.1, -0.05) is 17.7 Å². The first-order valence-corrected chi connectivity index (χ1v) is 8.58. The number of nitrogens with one attached hydrogen (secondary N) is 1. The van der Waals surface area contributed by atoms with Crippen LogP contribution < -0.4 is 5.32 Å². The van der Waals surface area contributed by atoms with Crippen molar-refractivity contribution < 1.29 is 14.3 Å². The van der Waals surface area contributed by atoms with Crippen LogP contribution in [0.5, 0.6) is 0 Å². The number of nitrogens with zero attached hydrogens (tertiary/aromatic N) is 3. The summed E-state index contributed by atoms with van der Waals surface area (Å²) in [7, 11) is 1.74. The fraction of sp³-hybridized carbons (Fsp3) is 0.250. The van der Waals surface area contributed by atoms with Gasteiger partial charge in [-0.15, -0.1) is 0 Å². The molecule has 1 N–H and O–H groups in total. The van der Waals surface area contributed by atoms with Gasteiger partial charge in [0.2, 0.25) is 0 Å². The summed E-state index contributed by atoms with van der Waals surface area (Å²) in [6.45, 7) is 5.36.